The molecule has 0 saturated heterocycles. The summed E-state index contributed by atoms with van der Waals surface area (Å²) in [4.78, 5) is 11.1. The molecule has 0 unspecified atom stereocenters. The summed E-state index contributed by atoms with van der Waals surface area (Å²) in [6.07, 6.45) is 1.66. The third kappa shape index (κ3) is 2.03. The van der Waals surface area contributed by atoms with E-state index in [1.807, 2.05) is 18.2 Å². The lowest BCUT2D eigenvalue weighted by Gasteiger charge is -2.20. The molecule has 1 heterocycles. The lowest BCUT2D eigenvalue weighted by molar-refractivity contribution is 0.187. The molecule has 1 aromatic rings. The molecule has 0 aromatic heterocycles. The molecule has 4 nitrogen and oxygen atoms in total. The fraction of sp³-hybridized carbons (Fsp3) is 0.364. The van der Waals surface area contributed by atoms with Crippen LogP contribution in [0.15, 0.2) is 18.2 Å². The second-order valence-corrected chi connectivity index (χ2v) is 3.48. The van der Waals surface area contributed by atoms with Crippen LogP contribution in [-0.4, -0.2) is 19.7 Å². The van der Waals surface area contributed by atoms with E-state index in [-0.39, 0.29) is 0 Å². The molecule has 0 bridgehead atoms. The SMILES string of the molecule is COC(=O)Nc1cccc2c1CCCN2. The van der Waals surface area contributed by atoms with Gasteiger partial charge in [-0.25, -0.2) is 4.79 Å². The number of hydrogen-bond donors (Lipinski definition) is 2. The molecule has 1 aliphatic heterocycles. The Morgan fingerprint density at radius 3 is 3.20 bits per heavy atom. The van der Waals surface area contributed by atoms with E-state index in [0.29, 0.717) is 0 Å². The molecule has 1 amide bonds. The van der Waals surface area contributed by atoms with Crippen LogP contribution in [0.1, 0.15) is 12.0 Å². The van der Waals surface area contributed by atoms with Crippen molar-refractivity contribution in [2.75, 3.05) is 24.3 Å². The number of anilines is 2. The minimum atomic E-state index is -0.422. The van der Waals surface area contributed by atoms with Gasteiger partial charge in [0.1, 0.15) is 0 Å². The molecule has 1 aliphatic rings. The maximum atomic E-state index is 11.1. The molecule has 80 valence electrons. The van der Waals surface area contributed by atoms with Gasteiger partial charge in [-0.2, -0.15) is 0 Å². The van der Waals surface area contributed by atoms with Crippen LogP contribution < -0.4 is 10.6 Å². The summed E-state index contributed by atoms with van der Waals surface area (Å²) in [5.74, 6) is 0. The number of carbonyl (C=O) groups is 1. The van der Waals surface area contributed by atoms with Gasteiger partial charge in [-0.3, -0.25) is 5.32 Å². The van der Waals surface area contributed by atoms with E-state index in [4.69, 9.17) is 0 Å². The van der Waals surface area contributed by atoms with Gasteiger partial charge in [0.15, 0.2) is 0 Å². The van der Waals surface area contributed by atoms with Gasteiger partial charge in [-0.15, -0.1) is 0 Å². The van der Waals surface area contributed by atoms with Crippen molar-refractivity contribution < 1.29 is 9.53 Å². The molecule has 4 heteroatoms. The zero-order valence-corrected chi connectivity index (χ0v) is 8.67. The van der Waals surface area contributed by atoms with E-state index in [1.54, 1.807) is 0 Å². The Kier molecular flexibility index (Phi) is 2.76. The quantitative estimate of drug-likeness (QED) is 0.740. The molecule has 0 radical (unpaired) electrons. The van der Waals surface area contributed by atoms with Crippen LogP contribution in [0.3, 0.4) is 0 Å². The Labute approximate surface area is 88.6 Å². The Bertz CT molecular complexity index is 377. The molecule has 0 fully saturated rings. The van der Waals surface area contributed by atoms with Crippen LogP contribution in [0.5, 0.6) is 0 Å². The number of methoxy groups -OCH3 is 1. The van der Waals surface area contributed by atoms with Gasteiger partial charge in [0, 0.05) is 17.9 Å². The first-order valence-corrected chi connectivity index (χ1v) is 5.02. The third-order valence-corrected chi connectivity index (χ3v) is 2.52. The Hall–Kier alpha value is -1.71. The smallest absolute Gasteiger partial charge is 0.411 e. The normalized spacial score (nSPS) is 13.7. The zero-order chi connectivity index (χ0) is 10.7. The molecule has 15 heavy (non-hydrogen) atoms. The maximum Gasteiger partial charge on any atom is 0.411 e. The van der Waals surface area contributed by atoms with E-state index in [0.717, 1.165) is 36.3 Å². The van der Waals surface area contributed by atoms with E-state index in [1.165, 1.54) is 7.11 Å². The first-order chi connectivity index (χ1) is 7.31. The standard InChI is InChI=1S/C11H14N2O2/c1-15-11(14)13-10-6-2-5-9-8(10)4-3-7-12-9/h2,5-6,12H,3-4,7H2,1H3,(H,13,14). The second-order valence-electron chi connectivity index (χ2n) is 3.48. The van der Waals surface area contributed by atoms with Crippen molar-refractivity contribution in [3.05, 3.63) is 23.8 Å². The Morgan fingerprint density at radius 1 is 1.53 bits per heavy atom. The number of hydrogen-bond acceptors (Lipinski definition) is 3. The van der Waals surface area contributed by atoms with Crippen LogP contribution in [-0.2, 0) is 11.2 Å². The van der Waals surface area contributed by atoms with E-state index >= 15 is 0 Å². The highest BCUT2D eigenvalue weighted by atomic mass is 16.5. The van der Waals surface area contributed by atoms with E-state index < -0.39 is 6.09 Å². The number of rotatable bonds is 1. The zero-order valence-electron chi connectivity index (χ0n) is 8.67. The van der Waals surface area contributed by atoms with Crippen molar-refractivity contribution in [2.24, 2.45) is 0 Å². The Balaban J connectivity index is 2.27. The molecular formula is C11H14N2O2. The summed E-state index contributed by atoms with van der Waals surface area (Å²) in [5.41, 5.74) is 3.11. The van der Waals surface area contributed by atoms with Crippen LogP contribution in [0, 0.1) is 0 Å². The summed E-state index contributed by atoms with van der Waals surface area (Å²) < 4.78 is 4.57. The van der Waals surface area contributed by atoms with Crippen molar-refractivity contribution in [3.63, 3.8) is 0 Å². The molecule has 0 aliphatic carbocycles. The number of benzene rings is 1. The molecule has 0 atom stereocenters. The first kappa shape index (κ1) is 9.83. The van der Waals surface area contributed by atoms with Gasteiger partial charge >= 0.3 is 6.09 Å². The number of nitrogens with one attached hydrogen (secondary N) is 2. The van der Waals surface area contributed by atoms with Gasteiger partial charge in [0.2, 0.25) is 0 Å². The molecule has 0 saturated carbocycles. The summed E-state index contributed by atoms with van der Waals surface area (Å²) >= 11 is 0. The first-order valence-electron chi connectivity index (χ1n) is 5.02. The van der Waals surface area contributed by atoms with Crippen LogP contribution in [0.4, 0.5) is 16.2 Å². The average Bonchev–Trinajstić information content (AvgIpc) is 2.29. The van der Waals surface area contributed by atoms with E-state index in [9.17, 15) is 4.79 Å². The van der Waals surface area contributed by atoms with Crippen molar-refractivity contribution in [2.45, 2.75) is 12.8 Å². The lowest BCUT2D eigenvalue weighted by Crippen LogP contribution is -2.17. The van der Waals surface area contributed by atoms with Gasteiger partial charge in [-0.05, 0) is 30.5 Å². The fourth-order valence-corrected chi connectivity index (χ4v) is 1.79. The summed E-state index contributed by atoms with van der Waals surface area (Å²) in [6.45, 7) is 0.995. The summed E-state index contributed by atoms with van der Waals surface area (Å²) in [7, 11) is 1.36. The number of carbonyl (C=O) groups excluding carboxylic acids is 1. The highest BCUT2D eigenvalue weighted by Crippen LogP contribution is 2.28. The predicted octanol–water partition coefficient (Wildman–Crippen LogP) is 2.22. The molecule has 1 aromatic carbocycles. The maximum absolute atomic E-state index is 11.1. The second kappa shape index (κ2) is 4.21. The molecule has 0 spiro atoms. The van der Waals surface area contributed by atoms with E-state index in [2.05, 4.69) is 15.4 Å². The average molecular weight is 206 g/mol. The van der Waals surface area contributed by atoms with Crippen LogP contribution >= 0.6 is 0 Å². The number of fused-ring (bicyclic) bond motifs is 1. The van der Waals surface area contributed by atoms with Crippen LogP contribution in [0.25, 0.3) is 0 Å². The minimum Gasteiger partial charge on any atom is -0.453 e. The van der Waals surface area contributed by atoms with Gasteiger partial charge in [-0.1, -0.05) is 6.07 Å². The lowest BCUT2D eigenvalue weighted by atomic mass is 10.0. The summed E-state index contributed by atoms with van der Waals surface area (Å²) in [6, 6.07) is 5.84. The van der Waals surface area contributed by atoms with Crippen molar-refractivity contribution >= 4 is 17.5 Å². The highest BCUT2D eigenvalue weighted by molar-refractivity contribution is 5.87. The monoisotopic (exact) mass is 206 g/mol. The largest absolute Gasteiger partial charge is 0.453 e. The van der Waals surface area contributed by atoms with Gasteiger partial charge in [0.25, 0.3) is 0 Å². The fourth-order valence-electron chi connectivity index (χ4n) is 1.79. The Morgan fingerprint density at radius 2 is 2.40 bits per heavy atom. The van der Waals surface area contributed by atoms with Crippen molar-refractivity contribution in [3.8, 4) is 0 Å². The molecule has 2 N–H and O–H groups in total. The predicted molar refractivity (Wildman–Crippen MR) is 59.3 cm³/mol. The summed E-state index contributed by atoms with van der Waals surface area (Å²) in [5, 5.41) is 6.02. The topological polar surface area (TPSA) is 50.4 Å². The minimum absolute atomic E-state index is 0.422. The molecule has 2 rings (SSSR count). The highest BCUT2D eigenvalue weighted by Gasteiger charge is 2.13. The number of amides is 1. The van der Waals surface area contributed by atoms with Crippen molar-refractivity contribution in [1.29, 1.82) is 0 Å². The van der Waals surface area contributed by atoms with Gasteiger partial charge in [0.05, 0.1) is 7.11 Å². The molecular weight excluding hydrogens is 192 g/mol. The van der Waals surface area contributed by atoms with Gasteiger partial charge < -0.3 is 10.1 Å². The number of ether oxygens (including phenoxy) is 1. The van der Waals surface area contributed by atoms with Crippen LogP contribution in [0.2, 0.25) is 0 Å². The third-order valence-electron chi connectivity index (χ3n) is 2.52. The van der Waals surface area contributed by atoms with Crippen molar-refractivity contribution in [1.82, 2.24) is 0 Å².